The van der Waals surface area contributed by atoms with Crippen molar-refractivity contribution in [2.75, 3.05) is 6.54 Å². The number of likely N-dealkylation sites (tertiary alicyclic amines) is 1. The van der Waals surface area contributed by atoms with Gasteiger partial charge in [0.2, 0.25) is 23.5 Å². The summed E-state index contributed by atoms with van der Waals surface area (Å²) in [6.07, 6.45) is 9.06. The molecule has 4 amide bonds. The molecule has 1 spiro atoms. The Balaban J connectivity index is 1.42. The van der Waals surface area contributed by atoms with E-state index in [1.807, 2.05) is 45.9 Å². The minimum Gasteiger partial charge on any atom is -0.347 e. The zero-order valence-electron chi connectivity index (χ0n) is 27.8. The predicted octanol–water partition coefficient (Wildman–Crippen LogP) is 3.80. The number of nitrogens with zero attached hydrogens (tertiary/aromatic N) is 1. The highest BCUT2D eigenvalue weighted by Crippen LogP contribution is 2.39. The van der Waals surface area contributed by atoms with Crippen molar-refractivity contribution in [3.05, 3.63) is 40.9 Å². The van der Waals surface area contributed by atoms with Crippen LogP contribution in [-0.4, -0.2) is 70.6 Å². The highest BCUT2D eigenvalue weighted by Gasteiger charge is 2.54. The predicted molar refractivity (Wildman–Crippen MR) is 177 cm³/mol. The molecule has 47 heavy (non-hydrogen) atoms. The SMILES string of the molecule is CCC[C@H](NC(=O)[C@@H]1C[C@]2(C=C(c3cccc(Cl)c3)NO2)CN1C(=O)[C@@H](NC(=O)C1CCCCC1)C(C)(C)C)C(=O)C(=O)NC1CC1. The third kappa shape index (κ3) is 8.35. The Morgan fingerprint density at radius 1 is 1.04 bits per heavy atom. The highest BCUT2D eigenvalue weighted by molar-refractivity contribution is 6.38. The summed E-state index contributed by atoms with van der Waals surface area (Å²) in [5.41, 5.74) is 2.65. The van der Waals surface area contributed by atoms with Crippen LogP contribution in [0.2, 0.25) is 5.02 Å². The number of ketones is 1. The maximum atomic E-state index is 14.5. The normalized spacial score (nSPS) is 24.2. The third-order valence-corrected chi connectivity index (χ3v) is 9.80. The van der Waals surface area contributed by atoms with E-state index >= 15 is 0 Å². The fourth-order valence-corrected chi connectivity index (χ4v) is 6.92. The standard InChI is InChI=1S/C35H48ClN5O6/c1-5-10-25(28(42)32(45)37-24-15-16-24)38-31(44)27-19-35(18-26(40-47-35)22-13-9-14-23(36)17-22)20-41(27)33(46)29(34(2,3)4)39-30(43)21-11-7-6-8-12-21/h9,13-14,17-18,21,24-25,27,29,40H,5-8,10-12,15-16,19-20H2,1-4H3,(H,37,45)(H,38,44)(H,39,43)/t25-,27-,29+,35+/m0/s1. The molecule has 256 valence electrons. The second-order valence-electron chi connectivity index (χ2n) is 14.6. The quantitative estimate of drug-likeness (QED) is 0.262. The summed E-state index contributed by atoms with van der Waals surface area (Å²) in [4.78, 5) is 75.4. The number of rotatable bonds is 11. The average molecular weight is 670 g/mol. The van der Waals surface area contributed by atoms with Crippen LogP contribution in [0.25, 0.3) is 5.70 Å². The Hall–Kier alpha value is -3.44. The molecule has 4 N–H and O–H groups in total. The molecule has 0 radical (unpaired) electrons. The number of Topliss-reactive ketones (excluding diaryl/α,β-unsaturated/α-hetero) is 1. The lowest BCUT2D eigenvalue weighted by Crippen LogP contribution is -2.59. The van der Waals surface area contributed by atoms with Gasteiger partial charge in [0.25, 0.3) is 5.91 Å². The number of carbonyl (C=O) groups is 5. The zero-order valence-corrected chi connectivity index (χ0v) is 28.6. The maximum absolute atomic E-state index is 14.5. The molecule has 0 bridgehead atoms. The summed E-state index contributed by atoms with van der Waals surface area (Å²) in [5, 5.41) is 9.11. The summed E-state index contributed by atoms with van der Waals surface area (Å²) in [5.74, 6) is -2.68. The van der Waals surface area contributed by atoms with E-state index in [1.165, 1.54) is 4.90 Å². The Kier molecular flexibility index (Phi) is 10.7. The molecule has 12 heteroatoms. The Bertz CT molecular complexity index is 1420. The fraction of sp³-hybridized carbons (Fsp3) is 0.629. The number of benzene rings is 1. The minimum absolute atomic E-state index is 0.00197. The Morgan fingerprint density at radius 3 is 2.40 bits per heavy atom. The summed E-state index contributed by atoms with van der Waals surface area (Å²) in [6.45, 7) is 7.56. The van der Waals surface area contributed by atoms with Gasteiger partial charge in [0.1, 0.15) is 17.7 Å². The van der Waals surface area contributed by atoms with E-state index < -0.39 is 52.6 Å². The van der Waals surface area contributed by atoms with Crippen LogP contribution in [-0.2, 0) is 28.8 Å². The van der Waals surface area contributed by atoms with Crippen molar-refractivity contribution in [2.24, 2.45) is 11.3 Å². The summed E-state index contributed by atoms with van der Waals surface area (Å²) in [6, 6.07) is 4.26. The monoisotopic (exact) mass is 669 g/mol. The lowest BCUT2D eigenvalue weighted by Gasteiger charge is -2.36. The van der Waals surface area contributed by atoms with E-state index in [-0.39, 0.29) is 37.3 Å². The molecule has 3 fully saturated rings. The number of carbonyl (C=O) groups excluding carboxylic acids is 5. The molecule has 2 aliphatic carbocycles. The average Bonchev–Trinajstić information content (AvgIpc) is 3.63. The van der Waals surface area contributed by atoms with Crippen LogP contribution in [0.15, 0.2) is 30.3 Å². The molecule has 0 unspecified atom stereocenters. The molecule has 1 aromatic carbocycles. The largest absolute Gasteiger partial charge is 0.347 e. The van der Waals surface area contributed by atoms with Crippen LogP contribution >= 0.6 is 11.6 Å². The first kappa shape index (κ1) is 34.9. The number of hydrogen-bond acceptors (Lipinski definition) is 7. The van der Waals surface area contributed by atoms with Crippen LogP contribution in [0.3, 0.4) is 0 Å². The van der Waals surface area contributed by atoms with Crippen molar-refractivity contribution < 1.29 is 28.8 Å². The lowest BCUT2D eigenvalue weighted by atomic mass is 9.83. The Labute approximate surface area is 281 Å². The lowest BCUT2D eigenvalue weighted by molar-refractivity contribution is -0.146. The number of hydrogen-bond donors (Lipinski definition) is 4. The van der Waals surface area contributed by atoms with E-state index in [1.54, 1.807) is 12.1 Å². The van der Waals surface area contributed by atoms with Crippen molar-refractivity contribution in [3.63, 3.8) is 0 Å². The zero-order chi connectivity index (χ0) is 33.9. The molecule has 4 aliphatic rings. The van der Waals surface area contributed by atoms with Gasteiger partial charge in [0, 0.05) is 29.0 Å². The molecule has 4 atom stereocenters. The molecule has 1 aromatic rings. The van der Waals surface area contributed by atoms with Gasteiger partial charge >= 0.3 is 0 Å². The van der Waals surface area contributed by atoms with E-state index in [4.69, 9.17) is 16.4 Å². The van der Waals surface area contributed by atoms with Gasteiger partial charge in [-0.05, 0) is 55.7 Å². The molecule has 2 saturated carbocycles. The molecular weight excluding hydrogens is 622 g/mol. The first-order valence-corrected chi connectivity index (χ1v) is 17.4. The first-order chi connectivity index (χ1) is 22.3. The van der Waals surface area contributed by atoms with Crippen molar-refractivity contribution in [3.8, 4) is 0 Å². The summed E-state index contributed by atoms with van der Waals surface area (Å²) >= 11 is 6.24. The fourth-order valence-electron chi connectivity index (χ4n) is 6.73. The van der Waals surface area contributed by atoms with Gasteiger partial charge in [-0.3, -0.25) is 34.3 Å². The van der Waals surface area contributed by atoms with Crippen LogP contribution in [0, 0.1) is 11.3 Å². The molecule has 5 rings (SSSR count). The highest BCUT2D eigenvalue weighted by atomic mass is 35.5. The van der Waals surface area contributed by atoms with Gasteiger partial charge in [0.05, 0.1) is 18.3 Å². The molecule has 2 heterocycles. The van der Waals surface area contributed by atoms with Gasteiger partial charge < -0.3 is 20.9 Å². The van der Waals surface area contributed by atoms with Crippen LogP contribution < -0.4 is 21.4 Å². The second kappa shape index (κ2) is 14.4. The van der Waals surface area contributed by atoms with E-state index in [2.05, 4.69) is 21.4 Å². The van der Waals surface area contributed by atoms with Crippen molar-refractivity contribution in [2.45, 2.75) is 122 Å². The van der Waals surface area contributed by atoms with Gasteiger partial charge in [0.15, 0.2) is 0 Å². The first-order valence-electron chi connectivity index (χ1n) is 17.0. The van der Waals surface area contributed by atoms with E-state index in [0.717, 1.165) is 50.5 Å². The van der Waals surface area contributed by atoms with Crippen molar-refractivity contribution in [1.29, 1.82) is 0 Å². The maximum Gasteiger partial charge on any atom is 0.289 e. The Morgan fingerprint density at radius 2 is 1.77 bits per heavy atom. The molecular formula is C35H48ClN5O6. The molecule has 11 nitrogen and oxygen atoms in total. The number of hydroxylamine groups is 1. The number of nitrogens with one attached hydrogen (secondary N) is 4. The summed E-state index contributed by atoms with van der Waals surface area (Å²) < 4.78 is 0. The van der Waals surface area contributed by atoms with Crippen molar-refractivity contribution >= 4 is 46.7 Å². The molecule has 0 aromatic heterocycles. The topological polar surface area (TPSA) is 146 Å². The van der Waals surface area contributed by atoms with Gasteiger partial charge in [-0.15, -0.1) is 0 Å². The summed E-state index contributed by atoms with van der Waals surface area (Å²) in [7, 11) is 0. The van der Waals surface area contributed by atoms with Crippen molar-refractivity contribution in [1.82, 2.24) is 26.3 Å². The number of amides is 4. The van der Waals surface area contributed by atoms with Gasteiger partial charge in [-0.1, -0.05) is 77.1 Å². The van der Waals surface area contributed by atoms with Gasteiger partial charge in [-0.25, -0.2) is 0 Å². The van der Waals surface area contributed by atoms with Gasteiger partial charge in [-0.2, -0.15) is 0 Å². The third-order valence-electron chi connectivity index (χ3n) is 9.57. The van der Waals surface area contributed by atoms with Crippen LogP contribution in [0.4, 0.5) is 0 Å². The molecule has 1 saturated heterocycles. The van der Waals surface area contributed by atoms with Crippen LogP contribution in [0.5, 0.6) is 0 Å². The van der Waals surface area contributed by atoms with E-state index in [0.29, 0.717) is 17.1 Å². The molecule has 2 aliphatic heterocycles. The van der Waals surface area contributed by atoms with E-state index in [9.17, 15) is 24.0 Å². The van der Waals surface area contributed by atoms with Crippen LogP contribution in [0.1, 0.15) is 97.5 Å². The second-order valence-corrected chi connectivity index (χ2v) is 15.1. The number of halogens is 1. The minimum atomic E-state index is -1.07. The smallest absolute Gasteiger partial charge is 0.289 e.